The van der Waals surface area contributed by atoms with E-state index in [9.17, 15) is 25.1 Å². The lowest BCUT2D eigenvalue weighted by Gasteiger charge is -2.33. The van der Waals surface area contributed by atoms with Crippen LogP contribution >= 0.6 is 22.7 Å². The predicted molar refractivity (Wildman–Crippen MR) is 126 cm³/mol. The molecule has 2 aromatic rings. The van der Waals surface area contributed by atoms with E-state index in [1.165, 1.54) is 22.3 Å². The number of ether oxygens (including phenoxy) is 1. The molecule has 2 aliphatic rings. The van der Waals surface area contributed by atoms with Crippen molar-refractivity contribution in [2.45, 2.75) is 37.9 Å². The summed E-state index contributed by atoms with van der Waals surface area (Å²) >= 11 is 2.96. The van der Waals surface area contributed by atoms with Crippen molar-refractivity contribution in [2.24, 2.45) is 5.92 Å². The van der Waals surface area contributed by atoms with Gasteiger partial charge in [0.15, 0.2) is 0 Å². The number of amides is 2. The molecule has 10 heteroatoms. The molecular formula is C23H25N3O5S2. The number of likely N-dealkylation sites (tertiary alicyclic amines) is 1. The van der Waals surface area contributed by atoms with Crippen LogP contribution in [0.25, 0.3) is 6.08 Å². The summed E-state index contributed by atoms with van der Waals surface area (Å²) in [6.45, 7) is 0.666. The molecule has 8 nitrogen and oxygen atoms in total. The number of piperidine rings is 1. The van der Waals surface area contributed by atoms with Gasteiger partial charge >= 0.3 is 6.09 Å². The summed E-state index contributed by atoms with van der Waals surface area (Å²) in [6.07, 6.45) is 3.41. The highest BCUT2D eigenvalue weighted by Gasteiger charge is 2.31. The normalized spacial score (nSPS) is 22.6. The highest BCUT2D eigenvalue weighted by Crippen LogP contribution is 2.39. The van der Waals surface area contributed by atoms with E-state index in [-0.39, 0.29) is 25.0 Å². The summed E-state index contributed by atoms with van der Waals surface area (Å²) in [7, 11) is 0. The molecule has 1 saturated heterocycles. The summed E-state index contributed by atoms with van der Waals surface area (Å²) < 4.78 is 5.47. The second kappa shape index (κ2) is 10.5. The van der Waals surface area contributed by atoms with Crippen LogP contribution in [0, 0.1) is 17.2 Å². The smallest absolute Gasteiger partial charge is 0.409 e. The maximum atomic E-state index is 12.3. The number of hydrogen-bond donors (Lipinski definition) is 3. The monoisotopic (exact) mass is 487 g/mol. The van der Waals surface area contributed by atoms with Crippen LogP contribution in [0.2, 0.25) is 0 Å². The van der Waals surface area contributed by atoms with Crippen molar-refractivity contribution in [1.29, 1.82) is 5.26 Å². The standard InChI is InChI=1S/C23H25N3O5S2/c24-10-17-16-3-1-15(12-31-23(30)26-7-5-18(27)19(28)11-26)9-20(16)33-22(17)25-21(29)4-2-14-6-8-32-13-14/h2,4,6,8,13,15,18-19,27-28H,1,3,5,7,9,11-12H2,(H,25,29)/b4-2+. The number of carbonyl (C=O) groups excluding carboxylic acids is 2. The van der Waals surface area contributed by atoms with E-state index in [0.717, 1.165) is 22.4 Å². The number of nitrogens with one attached hydrogen (secondary N) is 1. The number of aliphatic hydroxyl groups is 2. The molecule has 174 valence electrons. The van der Waals surface area contributed by atoms with Crippen LogP contribution in [0.1, 0.15) is 34.4 Å². The first-order valence-electron chi connectivity index (χ1n) is 10.8. The first-order chi connectivity index (χ1) is 15.9. The van der Waals surface area contributed by atoms with Gasteiger partial charge in [-0.2, -0.15) is 16.6 Å². The van der Waals surface area contributed by atoms with Gasteiger partial charge in [0.25, 0.3) is 0 Å². The Balaban J connectivity index is 1.34. The van der Waals surface area contributed by atoms with Gasteiger partial charge in [0, 0.05) is 17.5 Å². The number of thiophene rings is 2. The quantitative estimate of drug-likeness (QED) is 0.557. The summed E-state index contributed by atoms with van der Waals surface area (Å²) in [5, 5.41) is 36.3. The molecule has 2 amide bonds. The lowest BCUT2D eigenvalue weighted by atomic mass is 9.88. The van der Waals surface area contributed by atoms with Gasteiger partial charge in [-0.1, -0.05) is 0 Å². The third-order valence-electron chi connectivity index (χ3n) is 5.93. The number of nitrogens with zero attached hydrogens (tertiary/aromatic N) is 2. The van der Waals surface area contributed by atoms with Crippen molar-refractivity contribution in [2.75, 3.05) is 25.0 Å². The van der Waals surface area contributed by atoms with Gasteiger partial charge in [0.1, 0.15) is 11.1 Å². The van der Waals surface area contributed by atoms with Crippen LogP contribution in [-0.2, 0) is 22.4 Å². The number of fused-ring (bicyclic) bond motifs is 1. The fourth-order valence-corrected chi connectivity index (χ4v) is 6.01. The summed E-state index contributed by atoms with van der Waals surface area (Å²) in [5.41, 5.74) is 2.44. The van der Waals surface area contributed by atoms with Gasteiger partial charge in [0.05, 0.1) is 30.9 Å². The van der Waals surface area contributed by atoms with E-state index in [2.05, 4.69) is 11.4 Å². The summed E-state index contributed by atoms with van der Waals surface area (Å²) in [5.74, 6) is -0.162. The van der Waals surface area contributed by atoms with Gasteiger partial charge in [-0.15, -0.1) is 11.3 Å². The number of anilines is 1. The summed E-state index contributed by atoms with van der Waals surface area (Å²) in [6, 6.07) is 4.15. The van der Waals surface area contributed by atoms with Crippen molar-refractivity contribution < 1.29 is 24.5 Å². The molecule has 0 saturated carbocycles. The van der Waals surface area contributed by atoms with Gasteiger partial charge in [-0.05, 0) is 65.6 Å². The molecular weight excluding hydrogens is 462 g/mol. The molecule has 1 aliphatic carbocycles. The minimum atomic E-state index is -0.951. The highest BCUT2D eigenvalue weighted by atomic mass is 32.1. The van der Waals surface area contributed by atoms with Crippen LogP contribution in [0.3, 0.4) is 0 Å². The average molecular weight is 488 g/mol. The SMILES string of the molecule is N#Cc1c(NC(=O)/C=C/c2ccsc2)sc2c1CCC(COC(=O)N1CCC(O)C(O)C1)C2. The fourth-order valence-electron chi connectivity index (χ4n) is 4.06. The van der Waals surface area contributed by atoms with E-state index in [0.29, 0.717) is 36.4 Å². The minimum Gasteiger partial charge on any atom is -0.449 e. The lowest BCUT2D eigenvalue weighted by molar-refractivity contribution is -0.111. The molecule has 3 atom stereocenters. The Bertz CT molecular complexity index is 1070. The molecule has 1 fully saturated rings. The topological polar surface area (TPSA) is 123 Å². The van der Waals surface area contributed by atoms with Crippen molar-refractivity contribution in [3.63, 3.8) is 0 Å². The Hall–Kier alpha value is -2.71. The molecule has 0 radical (unpaired) electrons. The van der Waals surface area contributed by atoms with Crippen LogP contribution in [-0.4, -0.2) is 59.0 Å². The molecule has 4 rings (SSSR count). The third kappa shape index (κ3) is 5.62. The molecule has 33 heavy (non-hydrogen) atoms. The fraction of sp³-hybridized carbons (Fsp3) is 0.435. The van der Waals surface area contributed by atoms with E-state index in [4.69, 9.17) is 4.74 Å². The predicted octanol–water partition coefficient (Wildman–Crippen LogP) is 3.00. The van der Waals surface area contributed by atoms with Gasteiger partial charge in [-0.25, -0.2) is 4.79 Å². The van der Waals surface area contributed by atoms with Gasteiger partial charge in [0.2, 0.25) is 5.91 Å². The Morgan fingerprint density at radius 2 is 2.18 bits per heavy atom. The number of nitriles is 1. The van der Waals surface area contributed by atoms with Crippen molar-refractivity contribution in [3.05, 3.63) is 44.5 Å². The van der Waals surface area contributed by atoms with E-state index >= 15 is 0 Å². The molecule has 1 aliphatic heterocycles. The van der Waals surface area contributed by atoms with Crippen LogP contribution in [0.4, 0.5) is 9.80 Å². The zero-order valence-electron chi connectivity index (χ0n) is 17.9. The molecule has 0 spiro atoms. The average Bonchev–Trinajstić information content (AvgIpc) is 3.44. The number of aliphatic hydroxyl groups excluding tert-OH is 2. The Morgan fingerprint density at radius 3 is 2.91 bits per heavy atom. The first-order valence-corrected chi connectivity index (χ1v) is 12.5. The molecule has 3 unspecified atom stereocenters. The Kier molecular flexibility index (Phi) is 7.45. The highest BCUT2D eigenvalue weighted by molar-refractivity contribution is 7.16. The van der Waals surface area contributed by atoms with E-state index < -0.39 is 18.3 Å². The second-order valence-electron chi connectivity index (χ2n) is 8.25. The third-order valence-corrected chi connectivity index (χ3v) is 7.80. The van der Waals surface area contributed by atoms with E-state index in [1.807, 2.05) is 16.8 Å². The molecule has 3 N–H and O–H groups in total. The zero-order valence-corrected chi connectivity index (χ0v) is 19.5. The van der Waals surface area contributed by atoms with Crippen LogP contribution < -0.4 is 5.32 Å². The second-order valence-corrected chi connectivity index (χ2v) is 10.1. The van der Waals surface area contributed by atoms with Gasteiger partial charge < -0.3 is 25.2 Å². The molecule has 0 bridgehead atoms. The first kappa shape index (κ1) is 23.4. The van der Waals surface area contributed by atoms with Crippen LogP contribution in [0.15, 0.2) is 22.9 Å². The maximum Gasteiger partial charge on any atom is 0.409 e. The van der Waals surface area contributed by atoms with Crippen molar-refractivity contribution >= 4 is 45.8 Å². The maximum absolute atomic E-state index is 12.3. The largest absolute Gasteiger partial charge is 0.449 e. The summed E-state index contributed by atoms with van der Waals surface area (Å²) in [4.78, 5) is 27.1. The minimum absolute atomic E-state index is 0.0647. The number of hydrogen-bond acceptors (Lipinski definition) is 8. The molecule has 2 aromatic heterocycles. The lowest BCUT2D eigenvalue weighted by Crippen LogP contribution is -2.49. The van der Waals surface area contributed by atoms with Gasteiger partial charge in [-0.3, -0.25) is 4.79 Å². The van der Waals surface area contributed by atoms with Crippen LogP contribution in [0.5, 0.6) is 0 Å². The number of carbonyl (C=O) groups is 2. The molecule has 3 heterocycles. The number of β-amino-alcohol motifs (C(OH)–C–C–N with tert-alkyl or cyclic N) is 1. The zero-order chi connectivity index (χ0) is 23.4. The van der Waals surface area contributed by atoms with Crippen molar-refractivity contribution in [1.82, 2.24) is 4.90 Å². The van der Waals surface area contributed by atoms with E-state index in [1.54, 1.807) is 17.4 Å². The Labute approximate surface area is 199 Å². The number of rotatable bonds is 5. The molecule has 0 aromatic carbocycles. The Morgan fingerprint density at radius 1 is 1.33 bits per heavy atom. The van der Waals surface area contributed by atoms with Crippen molar-refractivity contribution in [3.8, 4) is 6.07 Å².